The molecule has 0 aromatic heterocycles. The smallest absolute Gasteiger partial charge is 0.315 e. The van der Waals surface area contributed by atoms with Crippen molar-refractivity contribution in [2.75, 3.05) is 19.8 Å². The number of nitrogens with two attached hydrogens (primary N) is 1. The van der Waals surface area contributed by atoms with Crippen molar-refractivity contribution in [3.8, 4) is 0 Å². The Labute approximate surface area is 59.9 Å². The summed E-state index contributed by atoms with van der Waals surface area (Å²) < 4.78 is 5.05. The van der Waals surface area contributed by atoms with E-state index in [9.17, 15) is 4.79 Å². The first-order valence-electron chi connectivity index (χ1n) is 3.18. The number of carbonyl (C=O) groups is 1. The molecule has 1 fully saturated rings. The molecule has 1 aliphatic rings. The van der Waals surface area contributed by atoms with Crippen LogP contribution in [-0.4, -0.2) is 36.7 Å². The largest absolute Gasteiger partial charge is 0.377 e. The van der Waals surface area contributed by atoms with Crippen LogP contribution in [0.15, 0.2) is 0 Å². The maximum Gasteiger partial charge on any atom is 0.315 e. The molecule has 1 unspecified atom stereocenters. The van der Waals surface area contributed by atoms with Crippen molar-refractivity contribution in [2.45, 2.75) is 6.04 Å². The Balaban J connectivity index is 2.47. The highest BCUT2D eigenvalue weighted by Crippen LogP contribution is 2.03. The molecule has 2 amide bonds. The van der Waals surface area contributed by atoms with Gasteiger partial charge in [-0.05, 0) is 6.92 Å². The molecule has 2 N–H and O–H groups in total. The van der Waals surface area contributed by atoms with Crippen LogP contribution in [0.1, 0.15) is 0 Å². The van der Waals surface area contributed by atoms with Gasteiger partial charge in [-0.3, -0.25) is 0 Å². The van der Waals surface area contributed by atoms with Gasteiger partial charge >= 0.3 is 6.03 Å². The lowest BCUT2D eigenvalue weighted by Crippen LogP contribution is -2.49. The van der Waals surface area contributed by atoms with Crippen LogP contribution in [0.5, 0.6) is 0 Å². The number of nitrogens with zero attached hydrogens (tertiary/aromatic N) is 1. The Morgan fingerprint density at radius 3 is 2.90 bits per heavy atom. The molecule has 4 heteroatoms. The van der Waals surface area contributed by atoms with Gasteiger partial charge in [0, 0.05) is 6.54 Å². The minimum absolute atomic E-state index is 0.119. The first-order chi connectivity index (χ1) is 4.72. The summed E-state index contributed by atoms with van der Waals surface area (Å²) in [6.07, 6.45) is 0. The van der Waals surface area contributed by atoms with Gasteiger partial charge < -0.3 is 15.4 Å². The standard InChI is InChI=1S/C6H11N2O2/c1-5-4-10-3-2-8(5)6(7)9/h5H,1-4H2,(H2,7,9). The van der Waals surface area contributed by atoms with Gasteiger partial charge in [0.1, 0.15) is 0 Å². The van der Waals surface area contributed by atoms with E-state index in [1.807, 2.05) is 0 Å². The highest BCUT2D eigenvalue weighted by molar-refractivity contribution is 5.72. The van der Waals surface area contributed by atoms with Gasteiger partial charge in [0.25, 0.3) is 0 Å². The minimum atomic E-state index is -0.414. The number of amides is 2. The SMILES string of the molecule is [CH2]C1COCCN1C(N)=O. The molecule has 1 saturated heterocycles. The first kappa shape index (κ1) is 7.34. The summed E-state index contributed by atoms with van der Waals surface area (Å²) in [6, 6.07) is -0.533. The van der Waals surface area contributed by atoms with E-state index in [-0.39, 0.29) is 6.04 Å². The van der Waals surface area contributed by atoms with Crippen LogP contribution >= 0.6 is 0 Å². The van der Waals surface area contributed by atoms with Gasteiger partial charge in [-0.2, -0.15) is 0 Å². The molecule has 0 aliphatic carbocycles. The maximum atomic E-state index is 10.6. The number of rotatable bonds is 0. The van der Waals surface area contributed by atoms with Gasteiger partial charge in [0.15, 0.2) is 0 Å². The lowest BCUT2D eigenvalue weighted by atomic mass is 10.3. The monoisotopic (exact) mass is 143 g/mol. The molecule has 10 heavy (non-hydrogen) atoms. The molecule has 1 heterocycles. The average Bonchev–Trinajstić information content (AvgIpc) is 1.88. The van der Waals surface area contributed by atoms with E-state index < -0.39 is 6.03 Å². The molecule has 0 spiro atoms. The lowest BCUT2D eigenvalue weighted by molar-refractivity contribution is 0.0297. The van der Waals surface area contributed by atoms with E-state index >= 15 is 0 Å². The summed E-state index contributed by atoms with van der Waals surface area (Å²) in [5.74, 6) is 0. The molecule has 1 aliphatic heterocycles. The van der Waals surface area contributed by atoms with Gasteiger partial charge in [-0.1, -0.05) is 0 Å². The highest BCUT2D eigenvalue weighted by atomic mass is 16.5. The third-order valence-corrected chi connectivity index (χ3v) is 1.51. The van der Waals surface area contributed by atoms with Crippen LogP contribution in [0.4, 0.5) is 4.79 Å². The predicted octanol–water partition coefficient (Wildman–Crippen LogP) is -0.400. The van der Waals surface area contributed by atoms with E-state index in [0.29, 0.717) is 19.8 Å². The molecule has 0 saturated carbocycles. The summed E-state index contributed by atoms with van der Waals surface area (Å²) in [5, 5.41) is 0. The van der Waals surface area contributed by atoms with Crippen molar-refractivity contribution in [1.29, 1.82) is 0 Å². The van der Waals surface area contributed by atoms with Crippen molar-refractivity contribution < 1.29 is 9.53 Å². The molecule has 1 radical (unpaired) electrons. The van der Waals surface area contributed by atoms with Crippen molar-refractivity contribution >= 4 is 6.03 Å². The lowest BCUT2D eigenvalue weighted by Gasteiger charge is -2.31. The van der Waals surface area contributed by atoms with E-state index in [0.717, 1.165) is 0 Å². The first-order valence-corrected chi connectivity index (χ1v) is 3.18. The van der Waals surface area contributed by atoms with E-state index in [2.05, 4.69) is 6.92 Å². The van der Waals surface area contributed by atoms with Gasteiger partial charge in [0.2, 0.25) is 0 Å². The van der Waals surface area contributed by atoms with Crippen LogP contribution in [0.2, 0.25) is 0 Å². The molecule has 1 rings (SSSR count). The van der Waals surface area contributed by atoms with Gasteiger partial charge in [0.05, 0.1) is 19.3 Å². The Morgan fingerprint density at radius 1 is 1.80 bits per heavy atom. The molecule has 0 aromatic carbocycles. The normalized spacial score (nSPS) is 26.5. The fourth-order valence-corrected chi connectivity index (χ4v) is 0.945. The van der Waals surface area contributed by atoms with Crippen molar-refractivity contribution in [2.24, 2.45) is 5.73 Å². The third-order valence-electron chi connectivity index (χ3n) is 1.51. The molecule has 1 atom stereocenters. The van der Waals surface area contributed by atoms with Crippen molar-refractivity contribution in [3.05, 3.63) is 6.92 Å². The highest BCUT2D eigenvalue weighted by Gasteiger charge is 2.20. The molecule has 4 nitrogen and oxygen atoms in total. The zero-order valence-electron chi connectivity index (χ0n) is 5.75. The summed E-state index contributed by atoms with van der Waals surface area (Å²) in [4.78, 5) is 12.1. The fourth-order valence-electron chi connectivity index (χ4n) is 0.945. The Bertz CT molecular complexity index is 138. The van der Waals surface area contributed by atoms with Crippen LogP contribution in [0.3, 0.4) is 0 Å². The van der Waals surface area contributed by atoms with Crippen LogP contribution in [0.25, 0.3) is 0 Å². The number of morpholine rings is 1. The maximum absolute atomic E-state index is 10.6. The number of hydrogen-bond donors (Lipinski definition) is 1. The molecule has 0 aromatic rings. The quantitative estimate of drug-likeness (QED) is 0.501. The van der Waals surface area contributed by atoms with Crippen LogP contribution in [0, 0.1) is 6.92 Å². The molecule has 57 valence electrons. The molecular weight excluding hydrogens is 132 g/mol. The zero-order valence-corrected chi connectivity index (χ0v) is 5.75. The number of urea groups is 1. The van der Waals surface area contributed by atoms with Crippen LogP contribution in [-0.2, 0) is 4.74 Å². The average molecular weight is 143 g/mol. The summed E-state index contributed by atoms with van der Waals surface area (Å²) in [6.45, 7) is 5.31. The fraction of sp³-hybridized carbons (Fsp3) is 0.667. The van der Waals surface area contributed by atoms with Crippen molar-refractivity contribution in [1.82, 2.24) is 4.90 Å². The summed E-state index contributed by atoms with van der Waals surface area (Å²) in [7, 11) is 0. The minimum Gasteiger partial charge on any atom is -0.377 e. The number of primary amides is 1. The Hall–Kier alpha value is -0.770. The van der Waals surface area contributed by atoms with E-state index in [1.165, 1.54) is 4.90 Å². The summed E-state index contributed by atoms with van der Waals surface area (Å²) in [5.41, 5.74) is 5.05. The van der Waals surface area contributed by atoms with Crippen LogP contribution < -0.4 is 5.73 Å². The topological polar surface area (TPSA) is 55.6 Å². The van der Waals surface area contributed by atoms with E-state index in [1.54, 1.807) is 0 Å². The third kappa shape index (κ3) is 1.39. The molecule has 0 bridgehead atoms. The van der Waals surface area contributed by atoms with Gasteiger partial charge in [-0.25, -0.2) is 4.79 Å². The summed E-state index contributed by atoms with van der Waals surface area (Å²) >= 11 is 0. The van der Waals surface area contributed by atoms with E-state index in [4.69, 9.17) is 10.5 Å². The second kappa shape index (κ2) is 2.88. The number of ether oxygens (including phenoxy) is 1. The second-order valence-electron chi connectivity index (χ2n) is 2.26. The Kier molecular flexibility index (Phi) is 2.11. The predicted molar refractivity (Wildman–Crippen MR) is 36.3 cm³/mol. The number of hydrogen-bond acceptors (Lipinski definition) is 2. The Morgan fingerprint density at radius 2 is 2.50 bits per heavy atom. The van der Waals surface area contributed by atoms with Gasteiger partial charge in [-0.15, -0.1) is 0 Å². The molecular formula is C6H11N2O2. The zero-order chi connectivity index (χ0) is 7.56. The number of carbonyl (C=O) groups excluding carboxylic acids is 1. The van der Waals surface area contributed by atoms with Crippen molar-refractivity contribution in [3.63, 3.8) is 0 Å². The second-order valence-corrected chi connectivity index (χ2v) is 2.26.